The van der Waals surface area contributed by atoms with Gasteiger partial charge in [0.15, 0.2) is 0 Å². The van der Waals surface area contributed by atoms with Gasteiger partial charge < -0.3 is 20.5 Å². The van der Waals surface area contributed by atoms with Gasteiger partial charge in [-0.1, -0.05) is 18.2 Å². The van der Waals surface area contributed by atoms with Crippen molar-refractivity contribution >= 4 is 11.8 Å². The Kier molecular flexibility index (Phi) is 5.78. The highest BCUT2D eigenvalue weighted by Crippen LogP contribution is 2.20. The van der Waals surface area contributed by atoms with Crippen LogP contribution < -0.4 is 15.4 Å². The minimum Gasteiger partial charge on any atom is -0.507 e. The maximum absolute atomic E-state index is 12.0. The fourth-order valence-corrected chi connectivity index (χ4v) is 2.16. The molecule has 0 aromatic heterocycles. The molecule has 0 fully saturated rings. The molecule has 0 spiro atoms. The van der Waals surface area contributed by atoms with Gasteiger partial charge in [0.25, 0.3) is 11.8 Å². The number of ether oxygens (including phenoxy) is 1. The van der Waals surface area contributed by atoms with Gasteiger partial charge in [-0.2, -0.15) is 0 Å². The molecule has 0 unspecified atom stereocenters. The Hall–Kier alpha value is -3.02. The lowest BCUT2D eigenvalue weighted by Crippen LogP contribution is -2.34. The molecular formula is C18H20N2O4. The van der Waals surface area contributed by atoms with Crippen molar-refractivity contribution < 1.29 is 19.4 Å². The molecule has 126 valence electrons. The predicted octanol–water partition coefficient (Wildman–Crippen LogP) is 1.87. The van der Waals surface area contributed by atoms with Gasteiger partial charge in [-0.15, -0.1) is 0 Å². The summed E-state index contributed by atoms with van der Waals surface area (Å²) >= 11 is 0. The summed E-state index contributed by atoms with van der Waals surface area (Å²) in [6.07, 6.45) is 0. The summed E-state index contributed by atoms with van der Waals surface area (Å²) in [6, 6.07) is 11.8. The van der Waals surface area contributed by atoms with Crippen LogP contribution in [0.15, 0.2) is 42.5 Å². The van der Waals surface area contributed by atoms with Crippen molar-refractivity contribution in [2.24, 2.45) is 0 Å². The second-order valence-corrected chi connectivity index (χ2v) is 5.21. The number of nitrogens with one attached hydrogen (secondary N) is 2. The van der Waals surface area contributed by atoms with Crippen LogP contribution in [0.4, 0.5) is 0 Å². The van der Waals surface area contributed by atoms with Crippen molar-refractivity contribution in [1.29, 1.82) is 0 Å². The Morgan fingerprint density at radius 2 is 1.71 bits per heavy atom. The molecule has 0 saturated carbocycles. The quantitative estimate of drug-likeness (QED) is 0.707. The molecule has 0 aliphatic heterocycles. The third kappa shape index (κ3) is 4.25. The van der Waals surface area contributed by atoms with E-state index in [1.165, 1.54) is 7.11 Å². The highest BCUT2D eigenvalue weighted by molar-refractivity contribution is 5.97. The summed E-state index contributed by atoms with van der Waals surface area (Å²) in [5.74, 6) is -0.0605. The summed E-state index contributed by atoms with van der Waals surface area (Å²) in [5, 5.41) is 15.2. The van der Waals surface area contributed by atoms with E-state index in [9.17, 15) is 14.7 Å². The average molecular weight is 328 g/mol. The third-order valence-corrected chi connectivity index (χ3v) is 3.51. The average Bonchev–Trinajstić information content (AvgIpc) is 2.60. The number of amides is 2. The Labute approximate surface area is 140 Å². The van der Waals surface area contributed by atoms with Crippen LogP contribution in [0.25, 0.3) is 0 Å². The zero-order chi connectivity index (χ0) is 17.5. The first kappa shape index (κ1) is 17.3. The van der Waals surface area contributed by atoms with E-state index in [4.69, 9.17) is 4.74 Å². The fourth-order valence-electron chi connectivity index (χ4n) is 2.16. The van der Waals surface area contributed by atoms with Crippen molar-refractivity contribution in [2.75, 3.05) is 20.2 Å². The highest BCUT2D eigenvalue weighted by Gasteiger charge is 2.12. The molecule has 0 bridgehead atoms. The third-order valence-electron chi connectivity index (χ3n) is 3.51. The van der Waals surface area contributed by atoms with E-state index in [0.29, 0.717) is 16.9 Å². The summed E-state index contributed by atoms with van der Waals surface area (Å²) in [7, 11) is 1.53. The molecular weight excluding hydrogens is 308 g/mol. The summed E-state index contributed by atoms with van der Waals surface area (Å²) in [6.45, 7) is 2.25. The molecule has 0 heterocycles. The van der Waals surface area contributed by atoms with Crippen LogP contribution in [0, 0.1) is 6.92 Å². The number of aromatic hydroxyl groups is 1. The van der Waals surface area contributed by atoms with Crippen molar-refractivity contribution in [3.05, 3.63) is 59.2 Å². The van der Waals surface area contributed by atoms with Gasteiger partial charge in [0, 0.05) is 18.7 Å². The number of methoxy groups -OCH3 is 1. The second-order valence-electron chi connectivity index (χ2n) is 5.21. The molecule has 0 aliphatic rings. The topological polar surface area (TPSA) is 87.7 Å². The zero-order valence-corrected chi connectivity index (χ0v) is 13.6. The van der Waals surface area contributed by atoms with Crippen LogP contribution in [0.3, 0.4) is 0 Å². The van der Waals surface area contributed by atoms with Crippen LogP contribution in [0.5, 0.6) is 11.5 Å². The van der Waals surface area contributed by atoms with Crippen molar-refractivity contribution in [2.45, 2.75) is 6.92 Å². The van der Waals surface area contributed by atoms with Crippen molar-refractivity contribution in [1.82, 2.24) is 10.6 Å². The number of aryl methyl sites for hydroxylation is 1. The molecule has 2 aromatic carbocycles. The maximum atomic E-state index is 12.0. The van der Waals surface area contributed by atoms with E-state index in [-0.39, 0.29) is 36.2 Å². The second kappa shape index (κ2) is 8.01. The van der Waals surface area contributed by atoms with Gasteiger partial charge in [0.2, 0.25) is 0 Å². The lowest BCUT2D eigenvalue weighted by molar-refractivity contribution is 0.0926. The first-order chi connectivity index (χ1) is 11.5. The molecule has 2 rings (SSSR count). The zero-order valence-electron chi connectivity index (χ0n) is 13.6. The van der Waals surface area contributed by atoms with Crippen LogP contribution in [-0.4, -0.2) is 37.1 Å². The molecule has 3 N–H and O–H groups in total. The molecule has 6 heteroatoms. The first-order valence-corrected chi connectivity index (χ1v) is 7.52. The Morgan fingerprint density at radius 1 is 1.04 bits per heavy atom. The smallest absolute Gasteiger partial charge is 0.255 e. The first-order valence-electron chi connectivity index (χ1n) is 7.52. The van der Waals surface area contributed by atoms with Gasteiger partial charge >= 0.3 is 0 Å². The number of phenols is 1. The molecule has 0 radical (unpaired) electrons. The lowest BCUT2D eigenvalue weighted by Gasteiger charge is -2.09. The van der Waals surface area contributed by atoms with Crippen LogP contribution >= 0.6 is 0 Å². The SMILES string of the molecule is COc1cccc(C(=O)NCCNC(=O)c2cccc(C)c2O)c1. The van der Waals surface area contributed by atoms with E-state index in [0.717, 1.165) is 0 Å². The van der Waals surface area contributed by atoms with Crippen molar-refractivity contribution in [3.8, 4) is 11.5 Å². The largest absolute Gasteiger partial charge is 0.507 e. The number of hydrogen-bond donors (Lipinski definition) is 3. The monoisotopic (exact) mass is 328 g/mol. The van der Waals surface area contributed by atoms with E-state index in [2.05, 4.69) is 10.6 Å². The van der Waals surface area contributed by atoms with Crippen molar-refractivity contribution in [3.63, 3.8) is 0 Å². The van der Waals surface area contributed by atoms with Crippen LogP contribution in [-0.2, 0) is 0 Å². The van der Waals surface area contributed by atoms with Gasteiger partial charge in [0.05, 0.1) is 12.7 Å². The molecule has 24 heavy (non-hydrogen) atoms. The van der Waals surface area contributed by atoms with Gasteiger partial charge in [0.1, 0.15) is 11.5 Å². The molecule has 2 aromatic rings. The fraction of sp³-hybridized carbons (Fsp3) is 0.222. The van der Waals surface area contributed by atoms with Crippen LogP contribution in [0.1, 0.15) is 26.3 Å². The standard InChI is InChI=1S/C18H20N2O4/c1-12-5-3-8-15(16(12)21)18(23)20-10-9-19-17(22)13-6-4-7-14(11-13)24-2/h3-8,11,21H,9-10H2,1-2H3,(H,19,22)(H,20,23). The van der Waals surface area contributed by atoms with Gasteiger partial charge in [-0.05, 0) is 36.8 Å². The number of rotatable bonds is 6. The Morgan fingerprint density at radius 3 is 2.42 bits per heavy atom. The highest BCUT2D eigenvalue weighted by atomic mass is 16.5. The number of carbonyl (C=O) groups excluding carboxylic acids is 2. The molecule has 2 amide bonds. The Balaban J connectivity index is 1.83. The molecule has 0 atom stereocenters. The molecule has 6 nitrogen and oxygen atoms in total. The molecule has 0 aliphatic carbocycles. The van der Waals surface area contributed by atoms with E-state index in [1.807, 2.05) is 0 Å². The summed E-state index contributed by atoms with van der Waals surface area (Å²) < 4.78 is 5.07. The number of carbonyl (C=O) groups is 2. The van der Waals surface area contributed by atoms with Gasteiger partial charge in [-0.3, -0.25) is 9.59 Å². The predicted molar refractivity (Wildman–Crippen MR) is 90.5 cm³/mol. The van der Waals surface area contributed by atoms with Gasteiger partial charge in [-0.25, -0.2) is 0 Å². The van der Waals surface area contributed by atoms with Crippen LogP contribution in [0.2, 0.25) is 0 Å². The maximum Gasteiger partial charge on any atom is 0.255 e. The summed E-state index contributed by atoms with van der Waals surface area (Å²) in [5.41, 5.74) is 1.33. The van der Waals surface area contributed by atoms with E-state index >= 15 is 0 Å². The number of benzene rings is 2. The number of phenolic OH excluding ortho intramolecular Hbond substituents is 1. The number of hydrogen-bond acceptors (Lipinski definition) is 4. The summed E-state index contributed by atoms with van der Waals surface area (Å²) in [4.78, 5) is 24.0. The van der Waals surface area contributed by atoms with E-state index in [1.54, 1.807) is 49.4 Å². The Bertz CT molecular complexity index is 744. The minimum absolute atomic E-state index is 0.0320. The van der Waals surface area contributed by atoms with E-state index < -0.39 is 0 Å². The lowest BCUT2D eigenvalue weighted by atomic mass is 10.1. The molecule has 0 saturated heterocycles. The minimum atomic E-state index is -0.383. The number of para-hydroxylation sites is 1. The normalized spacial score (nSPS) is 10.1.